The second-order valence-electron chi connectivity index (χ2n) is 5.34. The highest BCUT2D eigenvalue weighted by Gasteiger charge is 2.18. The van der Waals surface area contributed by atoms with Crippen LogP contribution in [0.4, 0.5) is 11.4 Å². The van der Waals surface area contributed by atoms with E-state index >= 15 is 0 Å². The average Bonchev–Trinajstić information content (AvgIpc) is 2.65. The van der Waals surface area contributed by atoms with E-state index in [0.29, 0.717) is 33.8 Å². The van der Waals surface area contributed by atoms with E-state index in [-0.39, 0.29) is 0 Å². The van der Waals surface area contributed by atoms with Crippen LogP contribution in [-0.2, 0) is 6.61 Å². The third kappa shape index (κ3) is 4.19. The minimum absolute atomic E-state index is 0.377. The van der Waals surface area contributed by atoms with Gasteiger partial charge in [-0.05, 0) is 17.7 Å². The van der Waals surface area contributed by atoms with Crippen molar-refractivity contribution in [2.24, 2.45) is 0 Å². The van der Waals surface area contributed by atoms with Crippen LogP contribution in [0.15, 0.2) is 66.7 Å². The molecule has 0 atom stereocenters. The first-order valence-electron chi connectivity index (χ1n) is 7.74. The first kappa shape index (κ1) is 17.5. The van der Waals surface area contributed by atoms with E-state index in [1.54, 1.807) is 13.2 Å². The van der Waals surface area contributed by atoms with Gasteiger partial charge in [-0.15, -0.1) is 0 Å². The first-order valence-corrected chi connectivity index (χ1v) is 8.49. The lowest BCUT2D eigenvalue weighted by Gasteiger charge is -2.17. The van der Waals surface area contributed by atoms with Gasteiger partial charge in [0.15, 0.2) is 11.5 Å². The first-order chi connectivity index (χ1) is 12.2. The zero-order valence-electron chi connectivity index (χ0n) is 13.6. The van der Waals surface area contributed by atoms with Crippen LogP contribution in [-0.4, -0.2) is 7.11 Å². The van der Waals surface area contributed by atoms with Crippen LogP contribution < -0.4 is 14.8 Å². The number of rotatable bonds is 6. The Labute approximate surface area is 157 Å². The number of ether oxygens (including phenoxy) is 2. The summed E-state index contributed by atoms with van der Waals surface area (Å²) in [5.41, 5.74) is 2.51. The summed E-state index contributed by atoms with van der Waals surface area (Å²) < 4.78 is 11.3. The Hall–Kier alpha value is -2.36. The fourth-order valence-corrected chi connectivity index (χ4v) is 3.00. The van der Waals surface area contributed by atoms with Gasteiger partial charge in [0.1, 0.15) is 11.6 Å². The average molecular weight is 374 g/mol. The Kier molecular flexibility index (Phi) is 5.69. The molecule has 128 valence electrons. The summed E-state index contributed by atoms with van der Waals surface area (Å²) in [6.07, 6.45) is 0. The molecular formula is C20H17Cl2NO2. The molecule has 3 rings (SSSR count). The van der Waals surface area contributed by atoms with E-state index < -0.39 is 0 Å². The Balaban J connectivity index is 1.87. The van der Waals surface area contributed by atoms with Crippen LogP contribution >= 0.6 is 23.2 Å². The van der Waals surface area contributed by atoms with E-state index in [2.05, 4.69) is 5.32 Å². The van der Waals surface area contributed by atoms with Gasteiger partial charge in [-0.25, -0.2) is 0 Å². The lowest BCUT2D eigenvalue weighted by molar-refractivity contribution is 0.285. The van der Waals surface area contributed by atoms with Crippen molar-refractivity contribution in [2.75, 3.05) is 12.4 Å². The normalized spacial score (nSPS) is 10.4. The van der Waals surface area contributed by atoms with Crippen molar-refractivity contribution in [3.63, 3.8) is 0 Å². The van der Waals surface area contributed by atoms with Crippen molar-refractivity contribution in [3.05, 3.63) is 82.3 Å². The smallest absolute Gasteiger partial charge is 0.181 e. The minimum Gasteiger partial charge on any atom is -0.491 e. The molecule has 0 aromatic heterocycles. The van der Waals surface area contributed by atoms with Gasteiger partial charge in [-0.2, -0.15) is 0 Å². The second kappa shape index (κ2) is 8.15. The molecule has 3 aromatic carbocycles. The summed E-state index contributed by atoms with van der Waals surface area (Å²) in [6, 6.07) is 21.2. The number of anilines is 2. The molecule has 5 heteroatoms. The number of halogens is 2. The number of benzene rings is 3. The molecule has 3 aromatic rings. The molecule has 0 fully saturated rings. The summed E-state index contributed by atoms with van der Waals surface area (Å²) >= 11 is 12.9. The van der Waals surface area contributed by atoms with Crippen molar-refractivity contribution in [2.45, 2.75) is 6.61 Å². The Bertz CT molecular complexity index is 839. The molecule has 25 heavy (non-hydrogen) atoms. The Morgan fingerprint density at radius 2 is 1.56 bits per heavy atom. The topological polar surface area (TPSA) is 30.5 Å². The SMILES string of the molecule is COc1c(OCc2ccccc2)cc(Cl)c(Nc2ccccc2)c1Cl. The molecule has 0 amide bonds. The summed E-state index contributed by atoms with van der Waals surface area (Å²) in [5.74, 6) is 0.945. The molecule has 0 heterocycles. The summed E-state index contributed by atoms with van der Waals surface area (Å²) in [4.78, 5) is 0. The summed E-state index contributed by atoms with van der Waals surface area (Å²) in [6.45, 7) is 0.398. The molecule has 0 saturated carbocycles. The van der Waals surface area contributed by atoms with E-state index in [9.17, 15) is 0 Å². The van der Waals surface area contributed by atoms with E-state index in [1.165, 1.54) is 0 Å². The quantitative estimate of drug-likeness (QED) is 0.547. The molecule has 1 N–H and O–H groups in total. The number of methoxy groups -OCH3 is 1. The maximum absolute atomic E-state index is 6.50. The predicted molar refractivity (Wildman–Crippen MR) is 104 cm³/mol. The summed E-state index contributed by atoms with van der Waals surface area (Å²) in [7, 11) is 1.55. The van der Waals surface area contributed by atoms with Crippen molar-refractivity contribution < 1.29 is 9.47 Å². The third-order valence-corrected chi connectivity index (χ3v) is 4.28. The van der Waals surface area contributed by atoms with Crippen LogP contribution in [0.3, 0.4) is 0 Å². The highest BCUT2D eigenvalue weighted by molar-refractivity contribution is 6.40. The van der Waals surface area contributed by atoms with Crippen molar-refractivity contribution in [3.8, 4) is 11.5 Å². The van der Waals surface area contributed by atoms with E-state index in [4.69, 9.17) is 32.7 Å². The number of para-hydroxylation sites is 1. The van der Waals surface area contributed by atoms with Crippen molar-refractivity contribution in [1.82, 2.24) is 0 Å². The predicted octanol–water partition coefficient (Wildman–Crippen LogP) is 6.32. The number of hydrogen-bond acceptors (Lipinski definition) is 3. The van der Waals surface area contributed by atoms with Gasteiger partial charge in [0.05, 0.1) is 17.8 Å². The van der Waals surface area contributed by atoms with Gasteiger partial charge in [0.25, 0.3) is 0 Å². The van der Waals surface area contributed by atoms with Crippen LogP contribution in [0, 0.1) is 0 Å². The monoisotopic (exact) mass is 373 g/mol. The van der Waals surface area contributed by atoms with E-state index in [0.717, 1.165) is 11.3 Å². The van der Waals surface area contributed by atoms with Crippen molar-refractivity contribution in [1.29, 1.82) is 0 Å². The molecule has 0 aliphatic rings. The molecule has 0 radical (unpaired) electrons. The fourth-order valence-electron chi connectivity index (χ4n) is 2.39. The van der Waals surface area contributed by atoms with Crippen LogP contribution in [0.1, 0.15) is 5.56 Å². The van der Waals surface area contributed by atoms with E-state index in [1.807, 2.05) is 60.7 Å². The van der Waals surface area contributed by atoms with Crippen LogP contribution in [0.25, 0.3) is 0 Å². The van der Waals surface area contributed by atoms with Gasteiger partial charge in [-0.1, -0.05) is 71.7 Å². The van der Waals surface area contributed by atoms with Crippen molar-refractivity contribution >= 4 is 34.6 Å². The van der Waals surface area contributed by atoms with Crippen LogP contribution in [0.5, 0.6) is 11.5 Å². The zero-order valence-corrected chi connectivity index (χ0v) is 15.1. The third-order valence-electron chi connectivity index (χ3n) is 3.62. The molecule has 0 unspecified atom stereocenters. The molecule has 0 bridgehead atoms. The highest BCUT2D eigenvalue weighted by Crippen LogP contribution is 2.46. The maximum atomic E-state index is 6.50. The van der Waals surface area contributed by atoms with Gasteiger partial charge >= 0.3 is 0 Å². The van der Waals surface area contributed by atoms with Crippen LogP contribution in [0.2, 0.25) is 10.0 Å². The molecular weight excluding hydrogens is 357 g/mol. The standard InChI is InChI=1S/C20H17Cl2NO2/c1-24-20-17(25-13-14-8-4-2-5-9-14)12-16(21)19(18(20)22)23-15-10-6-3-7-11-15/h2-12,23H,13H2,1H3. The fraction of sp³-hybridized carbons (Fsp3) is 0.100. The largest absolute Gasteiger partial charge is 0.491 e. The second-order valence-corrected chi connectivity index (χ2v) is 6.13. The van der Waals surface area contributed by atoms with Gasteiger partial charge in [-0.3, -0.25) is 0 Å². The summed E-state index contributed by atoms with van der Waals surface area (Å²) in [5, 5.41) is 4.05. The maximum Gasteiger partial charge on any atom is 0.181 e. The number of nitrogens with one attached hydrogen (secondary N) is 1. The number of hydrogen-bond donors (Lipinski definition) is 1. The Morgan fingerprint density at radius 1 is 0.920 bits per heavy atom. The molecule has 3 nitrogen and oxygen atoms in total. The Morgan fingerprint density at radius 3 is 2.20 bits per heavy atom. The minimum atomic E-state index is 0.377. The molecule has 0 saturated heterocycles. The van der Waals surface area contributed by atoms with Gasteiger partial charge < -0.3 is 14.8 Å². The molecule has 0 spiro atoms. The van der Waals surface area contributed by atoms with Gasteiger partial charge in [0, 0.05) is 11.8 Å². The van der Waals surface area contributed by atoms with Gasteiger partial charge in [0.2, 0.25) is 0 Å². The zero-order chi connectivity index (χ0) is 17.6. The lowest BCUT2D eigenvalue weighted by atomic mass is 10.2. The molecule has 0 aliphatic carbocycles. The highest BCUT2D eigenvalue weighted by atomic mass is 35.5. The lowest BCUT2D eigenvalue weighted by Crippen LogP contribution is -2.00. The molecule has 0 aliphatic heterocycles.